The van der Waals surface area contributed by atoms with Crippen molar-refractivity contribution in [2.45, 2.75) is 25.7 Å². The van der Waals surface area contributed by atoms with Crippen molar-refractivity contribution in [3.8, 4) is 0 Å². The van der Waals surface area contributed by atoms with Gasteiger partial charge in [-0.2, -0.15) is 0 Å². The van der Waals surface area contributed by atoms with Gasteiger partial charge in [0, 0.05) is 0 Å². The van der Waals surface area contributed by atoms with E-state index in [1.54, 1.807) is 0 Å². The van der Waals surface area contributed by atoms with Crippen molar-refractivity contribution < 1.29 is 9.52 Å². The minimum Gasteiger partial charge on any atom is -0.454 e. The number of halogens is 1. The van der Waals surface area contributed by atoms with E-state index in [2.05, 4.69) is 29.8 Å². The van der Waals surface area contributed by atoms with Gasteiger partial charge in [-0.25, -0.2) is 0 Å². The summed E-state index contributed by atoms with van der Waals surface area (Å²) in [5, 5.41) is 9.38. The van der Waals surface area contributed by atoms with Crippen LogP contribution in [-0.4, -0.2) is 11.7 Å². The summed E-state index contributed by atoms with van der Waals surface area (Å²) in [6.07, 6.45) is 0.996. The molecule has 1 N–H and O–H groups in total. The molecule has 0 spiro atoms. The topological polar surface area (TPSA) is 33.4 Å². The lowest BCUT2D eigenvalue weighted by Crippen LogP contribution is -2.18. The summed E-state index contributed by atoms with van der Waals surface area (Å²) in [6.45, 7) is 4.47. The van der Waals surface area contributed by atoms with Crippen LogP contribution in [0, 0.1) is 5.41 Å². The molecule has 1 saturated carbocycles. The molecular formula is C10H13BrO2. The monoisotopic (exact) mass is 244 g/mol. The second-order valence-electron chi connectivity index (χ2n) is 4.40. The molecule has 0 saturated heterocycles. The van der Waals surface area contributed by atoms with Crippen LogP contribution in [0.2, 0.25) is 0 Å². The van der Waals surface area contributed by atoms with Gasteiger partial charge in [-0.15, -0.1) is 0 Å². The summed E-state index contributed by atoms with van der Waals surface area (Å²) < 4.78 is 6.23. The Bertz CT molecular complexity index is 329. The van der Waals surface area contributed by atoms with E-state index in [1.807, 2.05) is 12.1 Å². The van der Waals surface area contributed by atoms with Gasteiger partial charge in [-0.3, -0.25) is 0 Å². The maximum absolute atomic E-state index is 9.38. The number of furan rings is 1. The van der Waals surface area contributed by atoms with Crippen LogP contribution in [0.3, 0.4) is 0 Å². The van der Waals surface area contributed by atoms with Gasteiger partial charge in [-0.05, 0) is 39.9 Å². The molecule has 0 aliphatic heterocycles. The fraction of sp³-hybridized carbons (Fsp3) is 0.600. The van der Waals surface area contributed by atoms with Crippen LogP contribution in [0.15, 0.2) is 21.2 Å². The Morgan fingerprint density at radius 1 is 1.54 bits per heavy atom. The second kappa shape index (κ2) is 2.61. The molecule has 72 valence electrons. The lowest BCUT2D eigenvalue weighted by atomic mass is 9.94. The highest BCUT2D eigenvalue weighted by molar-refractivity contribution is 9.10. The number of hydrogen-bond acceptors (Lipinski definition) is 2. The Morgan fingerprint density at radius 3 is 2.46 bits per heavy atom. The maximum atomic E-state index is 9.38. The van der Waals surface area contributed by atoms with E-state index in [0.717, 1.165) is 16.9 Å². The first kappa shape index (κ1) is 9.28. The van der Waals surface area contributed by atoms with Crippen LogP contribution in [0.1, 0.15) is 26.0 Å². The molecule has 1 atom stereocenters. The fourth-order valence-corrected chi connectivity index (χ4v) is 2.36. The molecule has 0 radical (unpaired) electrons. The minimum absolute atomic E-state index is 0.140. The molecule has 1 aromatic rings. The highest BCUT2D eigenvalue weighted by atomic mass is 79.9. The van der Waals surface area contributed by atoms with Crippen molar-refractivity contribution >= 4 is 15.9 Å². The standard InChI is InChI=1S/C10H13BrO2/c1-9(2)5-10(9,6-12)7-3-4-8(11)13-7/h3-4,12H,5-6H2,1-2H3. The van der Waals surface area contributed by atoms with Gasteiger partial charge in [0.05, 0.1) is 12.0 Å². The number of aliphatic hydroxyl groups excluding tert-OH is 1. The van der Waals surface area contributed by atoms with Crippen molar-refractivity contribution in [2.24, 2.45) is 5.41 Å². The van der Waals surface area contributed by atoms with Crippen molar-refractivity contribution in [1.29, 1.82) is 0 Å². The Labute approximate surface area is 86.1 Å². The molecule has 0 bridgehead atoms. The largest absolute Gasteiger partial charge is 0.454 e. The van der Waals surface area contributed by atoms with Gasteiger partial charge in [0.2, 0.25) is 0 Å². The Hall–Kier alpha value is -0.280. The molecule has 1 aliphatic carbocycles. The molecule has 0 aromatic carbocycles. The zero-order valence-corrected chi connectivity index (χ0v) is 9.39. The van der Waals surface area contributed by atoms with Crippen LogP contribution in [0.4, 0.5) is 0 Å². The average Bonchev–Trinajstić information content (AvgIpc) is 2.43. The van der Waals surface area contributed by atoms with E-state index < -0.39 is 0 Å². The third-order valence-corrected chi connectivity index (χ3v) is 3.66. The highest BCUT2D eigenvalue weighted by Gasteiger charge is 2.63. The molecule has 1 heterocycles. The first-order valence-corrected chi connectivity index (χ1v) is 5.18. The summed E-state index contributed by atoms with van der Waals surface area (Å²) >= 11 is 3.27. The molecule has 13 heavy (non-hydrogen) atoms. The average molecular weight is 245 g/mol. The number of rotatable bonds is 2. The summed E-state index contributed by atoms with van der Waals surface area (Å²) in [7, 11) is 0. The van der Waals surface area contributed by atoms with Gasteiger partial charge in [0.1, 0.15) is 5.76 Å². The highest BCUT2D eigenvalue weighted by Crippen LogP contribution is 2.64. The van der Waals surface area contributed by atoms with E-state index in [1.165, 1.54) is 0 Å². The molecule has 1 aromatic heterocycles. The van der Waals surface area contributed by atoms with Crippen LogP contribution in [-0.2, 0) is 5.41 Å². The number of hydrogen-bond donors (Lipinski definition) is 1. The van der Waals surface area contributed by atoms with Gasteiger partial charge >= 0.3 is 0 Å². The minimum atomic E-state index is -0.140. The van der Waals surface area contributed by atoms with Crippen LogP contribution >= 0.6 is 15.9 Å². The molecule has 1 unspecified atom stereocenters. The maximum Gasteiger partial charge on any atom is 0.169 e. The summed E-state index contributed by atoms with van der Waals surface area (Å²) in [5.74, 6) is 0.895. The number of aliphatic hydroxyl groups is 1. The van der Waals surface area contributed by atoms with E-state index in [4.69, 9.17) is 4.42 Å². The van der Waals surface area contributed by atoms with E-state index in [9.17, 15) is 5.11 Å². The van der Waals surface area contributed by atoms with E-state index in [-0.39, 0.29) is 17.4 Å². The lowest BCUT2D eigenvalue weighted by molar-refractivity contribution is 0.210. The van der Waals surface area contributed by atoms with Crippen molar-refractivity contribution in [1.82, 2.24) is 0 Å². The third kappa shape index (κ3) is 1.17. The predicted molar refractivity (Wildman–Crippen MR) is 53.6 cm³/mol. The summed E-state index contributed by atoms with van der Waals surface area (Å²) in [6, 6.07) is 3.82. The first-order valence-electron chi connectivity index (χ1n) is 4.38. The Balaban J connectivity index is 2.35. The lowest BCUT2D eigenvalue weighted by Gasteiger charge is -2.14. The molecule has 3 heteroatoms. The smallest absolute Gasteiger partial charge is 0.169 e. The Morgan fingerprint density at radius 2 is 2.15 bits per heavy atom. The normalized spacial score (nSPS) is 30.5. The van der Waals surface area contributed by atoms with Crippen LogP contribution in [0.5, 0.6) is 0 Å². The van der Waals surface area contributed by atoms with Crippen LogP contribution < -0.4 is 0 Å². The third-order valence-electron chi connectivity index (χ3n) is 3.23. The van der Waals surface area contributed by atoms with Gasteiger partial charge in [0.25, 0.3) is 0 Å². The zero-order chi connectivity index (χ0) is 9.69. The van der Waals surface area contributed by atoms with Gasteiger partial charge in [-0.1, -0.05) is 13.8 Å². The van der Waals surface area contributed by atoms with Crippen molar-refractivity contribution in [3.05, 3.63) is 22.6 Å². The van der Waals surface area contributed by atoms with Crippen LogP contribution in [0.25, 0.3) is 0 Å². The molecule has 1 aliphatic rings. The molecular weight excluding hydrogens is 232 g/mol. The molecule has 1 fully saturated rings. The van der Waals surface area contributed by atoms with Crippen molar-refractivity contribution in [2.75, 3.05) is 6.61 Å². The summed E-state index contributed by atoms with van der Waals surface area (Å²) in [5.41, 5.74) is 0.0259. The fourth-order valence-electron chi connectivity index (χ4n) is 2.05. The quantitative estimate of drug-likeness (QED) is 0.868. The van der Waals surface area contributed by atoms with E-state index in [0.29, 0.717) is 0 Å². The molecule has 2 rings (SSSR count). The first-order chi connectivity index (χ1) is 6.02. The zero-order valence-electron chi connectivity index (χ0n) is 7.80. The molecule has 2 nitrogen and oxygen atoms in total. The predicted octanol–water partition coefficient (Wildman–Crippen LogP) is 2.70. The Kier molecular flexibility index (Phi) is 1.86. The van der Waals surface area contributed by atoms with Gasteiger partial charge < -0.3 is 9.52 Å². The van der Waals surface area contributed by atoms with Gasteiger partial charge in [0.15, 0.2) is 4.67 Å². The second-order valence-corrected chi connectivity index (χ2v) is 5.19. The summed E-state index contributed by atoms with van der Waals surface area (Å²) in [4.78, 5) is 0. The van der Waals surface area contributed by atoms with E-state index >= 15 is 0 Å². The SMILES string of the molecule is CC1(C)CC1(CO)c1ccc(Br)o1. The van der Waals surface area contributed by atoms with Crippen molar-refractivity contribution in [3.63, 3.8) is 0 Å². The molecule has 0 amide bonds.